The van der Waals surface area contributed by atoms with Crippen molar-refractivity contribution in [2.24, 2.45) is 0 Å². The van der Waals surface area contributed by atoms with E-state index >= 15 is 0 Å². The molecule has 124 valence electrons. The molecule has 7 nitrogen and oxygen atoms in total. The summed E-state index contributed by atoms with van der Waals surface area (Å²) in [6.07, 6.45) is 0. The number of benzene rings is 2. The Morgan fingerprint density at radius 2 is 2.00 bits per heavy atom. The Labute approximate surface area is 138 Å². The third-order valence-electron chi connectivity index (χ3n) is 3.31. The smallest absolute Gasteiger partial charge is 0.337 e. The number of fused-ring (bicyclic) bond motifs is 1. The highest BCUT2D eigenvalue weighted by Crippen LogP contribution is 2.22. The van der Waals surface area contributed by atoms with Crippen LogP contribution in [0.15, 0.2) is 51.8 Å². The molecule has 0 amide bonds. The molecule has 1 heterocycles. The normalized spacial score (nSPS) is 11.4. The number of aromatic nitrogens is 1. The van der Waals surface area contributed by atoms with Crippen LogP contribution in [0.3, 0.4) is 0 Å². The molecular weight excluding hydrogens is 332 g/mol. The lowest BCUT2D eigenvalue weighted by Gasteiger charge is -2.09. The van der Waals surface area contributed by atoms with Crippen LogP contribution in [0, 0.1) is 6.92 Å². The van der Waals surface area contributed by atoms with Crippen LogP contribution in [-0.2, 0) is 14.8 Å². The molecule has 0 radical (unpaired) electrons. The van der Waals surface area contributed by atoms with E-state index in [1.54, 1.807) is 25.1 Å². The molecule has 3 rings (SSSR count). The van der Waals surface area contributed by atoms with E-state index in [1.165, 1.54) is 31.4 Å². The zero-order valence-electron chi connectivity index (χ0n) is 12.9. The molecule has 0 aliphatic rings. The lowest BCUT2D eigenvalue weighted by molar-refractivity contribution is 0.0601. The maximum absolute atomic E-state index is 12.5. The van der Waals surface area contributed by atoms with E-state index in [1.807, 2.05) is 0 Å². The number of aryl methyl sites for hydroxylation is 1. The van der Waals surface area contributed by atoms with Gasteiger partial charge in [-0.25, -0.2) is 18.2 Å². The summed E-state index contributed by atoms with van der Waals surface area (Å²) < 4.78 is 37.4. The Balaban J connectivity index is 1.93. The first-order valence-electron chi connectivity index (χ1n) is 6.97. The number of rotatable bonds is 4. The maximum Gasteiger partial charge on any atom is 0.337 e. The van der Waals surface area contributed by atoms with Crippen LogP contribution >= 0.6 is 0 Å². The SMILES string of the molecule is COC(=O)c1cccc(NS(=O)(=O)c2ccc3oc(C)nc3c2)c1. The standard InChI is InChI=1S/C16H14N2O5S/c1-10-17-14-9-13(6-7-15(14)23-10)24(20,21)18-12-5-3-4-11(8-12)16(19)22-2/h3-9,18H,1-2H3. The van der Waals surface area contributed by atoms with Crippen LogP contribution < -0.4 is 4.72 Å². The second kappa shape index (κ2) is 5.97. The van der Waals surface area contributed by atoms with Gasteiger partial charge in [0.2, 0.25) is 0 Å². The number of esters is 1. The number of anilines is 1. The van der Waals surface area contributed by atoms with E-state index in [0.717, 1.165) is 0 Å². The van der Waals surface area contributed by atoms with E-state index in [-0.39, 0.29) is 16.1 Å². The van der Waals surface area contributed by atoms with Gasteiger partial charge in [0.25, 0.3) is 10.0 Å². The Hall–Kier alpha value is -2.87. The minimum atomic E-state index is -3.83. The lowest BCUT2D eigenvalue weighted by atomic mass is 10.2. The van der Waals surface area contributed by atoms with Gasteiger partial charge in [0.05, 0.1) is 17.6 Å². The van der Waals surface area contributed by atoms with Crippen molar-refractivity contribution in [3.05, 3.63) is 53.9 Å². The van der Waals surface area contributed by atoms with Crippen LogP contribution in [0.4, 0.5) is 5.69 Å². The van der Waals surface area contributed by atoms with Crippen LogP contribution in [0.25, 0.3) is 11.1 Å². The van der Waals surface area contributed by atoms with Crippen molar-refractivity contribution >= 4 is 32.8 Å². The number of carbonyl (C=O) groups excluding carboxylic acids is 1. The summed E-state index contributed by atoms with van der Waals surface area (Å²) in [4.78, 5) is 15.7. The minimum absolute atomic E-state index is 0.0479. The highest BCUT2D eigenvalue weighted by atomic mass is 32.2. The predicted octanol–water partition coefficient (Wildman–Crippen LogP) is 2.72. The summed E-state index contributed by atoms with van der Waals surface area (Å²) in [5, 5.41) is 0. The molecule has 0 saturated heterocycles. The molecule has 0 atom stereocenters. The van der Waals surface area contributed by atoms with Gasteiger partial charge >= 0.3 is 5.97 Å². The molecule has 3 aromatic rings. The van der Waals surface area contributed by atoms with Gasteiger partial charge in [0.1, 0.15) is 5.52 Å². The van der Waals surface area contributed by atoms with E-state index in [9.17, 15) is 13.2 Å². The van der Waals surface area contributed by atoms with Crippen LogP contribution in [0.1, 0.15) is 16.2 Å². The summed E-state index contributed by atoms with van der Waals surface area (Å²) >= 11 is 0. The average molecular weight is 346 g/mol. The van der Waals surface area contributed by atoms with Gasteiger partial charge < -0.3 is 9.15 Å². The first-order chi connectivity index (χ1) is 11.4. The number of nitrogens with one attached hydrogen (secondary N) is 1. The fraction of sp³-hybridized carbons (Fsp3) is 0.125. The quantitative estimate of drug-likeness (QED) is 0.729. The molecule has 0 unspecified atom stereocenters. The van der Waals surface area contributed by atoms with Crippen molar-refractivity contribution in [3.8, 4) is 0 Å². The summed E-state index contributed by atoms with van der Waals surface area (Å²) in [7, 11) is -2.57. The molecular formula is C16H14N2O5S. The number of ether oxygens (including phenoxy) is 1. The van der Waals surface area contributed by atoms with Crippen LogP contribution in [0.5, 0.6) is 0 Å². The third kappa shape index (κ3) is 3.09. The Bertz CT molecular complexity index is 1020. The molecule has 0 bridgehead atoms. The monoisotopic (exact) mass is 346 g/mol. The van der Waals surface area contributed by atoms with Crippen molar-refractivity contribution in [1.82, 2.24) is 4.98 Å². The van der Waals surface area contributed by atoms with Crippen molar-refractivity contribution in [3.63, 3.8) is 0 Å². The Morgan fingerprint density at radius 3 is 2.75 bits per heavy atom. The van der Waals surface area contributed by atoms with Gasteiger partial charge in [-0.15, -0.1) is 0 Å². The van der Waals surface area contributed by atoms with Gasteiger partial charge in [-0.3, -0.25) is 4.72 Å². The molecule has 1 aromatic heterocycles. The molecule has 24 heavy (non-hydrogen) atoms. The number of hydrogen-bond acceptors (Lipinski definition) is 6. The number of methoxy groups -OCH3 is 1. The van der Waals surface area contributed by atoms with Crippen molar-refractivity contribution in [2.75, 3.05) is 11.8 Å². The first kappa shape index (κ1) is 16.0. The van der Waals surface area contributed by atoms with Crippen molar-refractivity contribution < 1.29 is 22.4 Å². The third-order valence-corrected chi connectivity index (χ3v) is 4.69. The Morgan fingerprint density at radius 1 is 1.21 bits per heavy atom. The summed E-state index contributed by atoms with van der Waals surface area (Å²) in [5.41, 5.74) is 1.48. The highest BCUT2D eigenvalue weighted by molar-refractivity contribution is 7.92. The van der Waals surface area contributed by atoms with Gasteiger partial charge in [0.15, 0.2) is 11.5 Å². The zero-order valence-corrected chi connectivity index (χ0v) is 13.8. The lowest BCUT2D eigenvalue weighted by Crippen LogP contribution is -2.13. The Kier molecular flexibility index (Phi) is 3.98. The summed E-state index contributed by atoms with van der Waals surface area (Å²) in [5.74, 6) is -0.0890. The molecule has 1 N–H and O–H groups in total. The van der Waals surface area contributed by atoms with E-state index < -0.39 is 16.0 Å². The average Bonchev–Trinajstić information content (AvgIpc) is 2.93. The topological polar surface area (TPSA) is 98.5 Å². The van der Waals surface area contributed by atoms with E-state index in [0.29, 0.717) is 17.0 Å². The number of oxazole rings is 1. The second-order valence-corrected chi connectivity index (χ2v) is 6.72. The van der Waals surface area contributed by atoms with Crippen LogP contribution in [-0.4, -0.2) is 26.5 Å². The fourth-order valence-corrected chi connectivity index (χ4v) is 3.30. The molecule has 2 aromatic carbocycles. The van der Waals surface area contributed by atoms with E-state index in [4.69, 9.17) is 4.42 Å². The molecule has 8 heteroatoms. The van der Waals surface area contributed by atoms with Gasteiger partial charge in [-0.1, -0.05) is 6.07 Å². The number of nitrogens with zero attached hydrogens (tertiary/aromatic N) is 1. The summed E-state index contributed by atoms with van der Waals surface area (Å²) in [6.45, 7) is 1.69. The summed E-state index contributed by atoms with van der Waals surface area (Å²) in [6, 6.07) is 10.5. The predicted molar refractivity (Wildman–Crippen MR) is 87.3 cm³/mol. The number of hydrogen-bond donors (Lipinski definition) is 1. The van der Waals surface area contributed by atoms with Gasteiger partial charge in [0, 0.05) is 12.6 Å². The molecule has 0 saturated carbocycles. The first-order valence-corrected chi connectivity index (χ1v) is 8.46. The molecule has 0 spiro atoms. The fourth-order valence-electron chi connectivity index (χ4n) is 2.23. The molecule has 0 aliphatic heterocycles. The zero-order chi connectivity index (χ0) is 17.3. The number of carbonyl (C=O) groups is 1. The van der Waals surface area contributed by atoms with Gasteiger partial charge in [-0.2, -0.15) is 0 Å². The minimum Gasteiger partial charge on any atom is -0.465 e. The number of sulfonamides is 1. The van der Waals surface area contributed by atoms with Crippen LogP contribution in [0.2, 0.25) is 0 Å². The molecule has 0 aliphatic carbocycles. The second-order valence-electron chi connectivity index (χ2n) is 5.04. The van der Waals surface area contributed by atoms with Crippen molar-refractivity contribution in [2.45, 2.75) is 11.8 Å². The highest BCUT2D eigenvalue weighted by Gasteiger charge is 2.17. The largest absolute Gasteiger partial charge is 0.465 e. The molecule has 0 fully saturated rings. The van der Waals surface area contributed by atoms with Gasteiger partial charge in [-0.05, 0) is 36.4 Å². The maximum atomic E-state index is 12.5. The van der Waals surface area contributed by atoms with E-state index in [2.05, 4.69) is 14.4 Å². The van der Waals surface area contributed by atoms with Crippen molar-refractivity contribution in [1.29, 1.82) is 0 Å².